The van der Waals surface area contributed by atoms with Crippen LogP contribution >= 0.6 is 11.3 Å². The summed E-state index contributed by atoms with van der Waals surface area (Å²) >= 11 is 1.24. The van der Waals surface area contributed by atoms with Crippen LogP contribution in [-0.4, -0.2) is 348 Å². The lowest BCUT2D eigenvalue weighted by atomic mass is 9.92. The summed E-state index contributed by atoms with van der Waals surface area (Å²) in [6.07, 6.45) is -6.02. The van der Waals surface area contributed by atoms with Gasteiger partial charge in [-0.3, -0.25) is 33.6 Å². The van der Waals surface area contributed by atoms with Crippen molar-refractivity contribution in [2.45, 2.75) is 192 Å². The number of rotatable bonds is 71. The van der Waals surface area contributed by atoms with Gasteiger partial charge in [-0.1, -0.05) is 83.5 Å². The van der Waals surface area contributed by atoms with E-state index in [1.807, 2.05) is 72.0 Å². The summed E-state index contributed by atoms with van der Waals surface area (Å²) in [4.78, 5) is 114. The van der Waals surface area contributed by atoms with Crippen molar-refractivity contribution >= 4 is 64.4 Å². The Bertz CT molecular complexity index is 3610. The molecule has 2 aliphatic rings. The number of piperidine rings is 1. The highest BCUT2D eigenvalue weighted by Crippen LogP contribution is 2.36. The van der Waals surface area contributed by atoms with Crippen LogP contribution in [0.5, 0.6) is 5.75 Å². The first-order valence-electron chi connectivity index (χ1n) is 43.9. The molecule has 14 atom stereocenters. The number of nitrogens with one attached hydrogen (secondary N) is 5. The average molecular weight is 1810 g/mol. The quantitative estimate of drug-likeness (QED) is 0.0212. The Balaban J connectivity index is 1.02. The van der Waals surface area contributed by atoms with E-state index in [1.165, 1.54) is 17.4 Å². The number of likely N-dealkylation sites (N-methyl/N-ethyl adjacent to an activating group) is 2. The van der Waals surface area contributed by atoms with E-state index < -0.39 is 103 Å². The number of ether oxygens (including phenoxy) is 15. The van der Waals surface area contributed by atoms with Gasteiger partial charge in [-0.25, -0.2) is 9.78 Å². The van der Waals surface area contributed by atoms with Crippen LogP contribution < -0.4 is 37.1 Å². The van der Waals surface area contributed by atoms with Gasteiger partial charge in [0.05, 0.1) is 190 Å². The minimum Gasteiger partial charge on any atom is -0.481 e. The molecule has 1 aromatic heterocycles. The molecule has 0 radical (unpaired) electrons. The number of unbranched alkanes of at least 4 members (excludes halogenated alkanes) is 1. The molecular weight excluding hydrogens is 1660 g/mol. The number of aliphatic carboxylic acids is 2. The van der Waals surface area contributed by atoms with Crippen LogP contribution in [0.4, 0.5) is 5.69 Å². The first kappa shape index (κ1) is 109. The molecule has 0 aliphatic carbocycles. The average Bonchev–Trinajstić information content (AvgIpc) is 0.937. The van der Waals surface area contributed by atoms with Gasteiger partial charge in [0.25, 0.3) is 11.8 Å². The summed E-state index contributed by atoms with van der Waals surface area (Å²) in [5, 5.41) is 68.4. The number of thiazole rings is 1. The minimum atomic E-state index is -2.01. The summed E-state index contributed by atoms with van der Waals surface area (Å²) in [7, 11) is 5.28. The number of nitrogens with zero attached hydrogens (tertiary/aromatic N) is 3. The predicted molar refractivity (Wildman–Crippen MR) is 466 cm³/mol. The van der Waals surface area contributed by atoms with Gasteiger partial charge in [-0.2, -0.15) is 0 Å². The SMILES string of the molecule is C=C(C)CO[C@H](C[C@H](C(C)C)N(C)C(=O)[C@@H](NC(=O)[C@H]1CCCC[N+]1(C)Cc1ccc(O[C@@H]2O[C@H](C(=O)O)[C@@H](O)[C@H](O)[C@H]2O)c(NC(=O)CCNC(=O)[C@@H](N)CCCCNC(=O)CCOCCOCCOCCOCCOCCOCCOCCOCCOCCOCCOCCOC)c1)[C@@H](C)CC)c1nc(C(=O)N[C@@H](Cc2ccccc2)C[C@H](C)C(=O)O)cs1. The van der Waals surface area contributed by atoms with Crippen LogP contribution in [0.15, 0.2) is 66.1 Å². The van der Waals surface area contributed by atoms with Crippen LogP contribution in [0.1, 0.15) is 145 Å². The summed E-state index contributed by atoms with van der Waals surface area (Å²) < 4.78 is 83.5. The maximum atomic E-state index is 15.2. The fraction of sp³-hybridized carbons (Fsp3) is 0.716. The molecule has 5 rings (SSSR count). The molecule has 38 heteroatoms. The Hall–Kier alpha value is -7.39. The number of hydrogen-bond acceptors (Lipinski definition) is 29. The monoisotopic (exact) mass is 1810 g/mol. The van der Waals surface area contributed by atoms with Gasteiger partial charge in [0.15, 0.2) is 12.1 Å². The Morgan fingerprint density at radius 2 is 1.22 bits per heavy atom. The summed E-state index contributed by atoms with van der Waals surface area (Å²) in [5.41, 5.74) is 8.67. The van der Waals surface area contributed by atoms with Crippen LogP contribution in [0.25, 0.3) is 0 Å². The number of nitrogens with two attached hydrogens (primary N) is 1. The number of hydrogen-bond donors (Lipinski definition) is 11. The number of carbonyl (C=O) groups excluding carboxylic acids is 6. The smallest absolute Gasteiger partial charge is 0.335 e. The van der Waals surface area contributed by atoms with E-state index in [-0.39, 0.29) is 110 Å². The normalized spacial score (nSPS) is 19.3. The first-order chi connectivity index (χ1) is 60.6. The van der Waals surface area contributed by atoms with Crippen molar-refractivity contribution in [2.75, 3.05) is 205 Å². The van der Waals surface area contributed by atoms with E-state index in [9.17, 15) is 54.3 Å². The standard InChI is InChI=1S/C88H143N9O28S/c1-11-62(6)76(85(106)96(8)70(61(4)5)56-73(123-58-60(2)3)84-94-69(59-126-84)82(104)92-66(53-63(7)86(107)108)54-64-19-13-12-14-20-64)95-83(105)71-22-16-18-29-97(71,9)57-65-23-24-72(124-88-79(102)77(100)78(101)80(125-88)87(109)110)68(55-65)93-75(99)25-28-91-81(103)67(89)21-15-17-27-90-74(98)26-30-112-33-34-114-37-38-116-41-42-118-45-46-120-49-50-122-52-51-121-48-47-119-44-43-117-40-39-115-36-35-113-32-31-111-10/h12-14,19-20,23-24,55,59,61-63,66-67,70-71,73,76-80,88,100-102H,2,11,15-18,21-22,25-54,56-58,89H2,1,3-10H3,(H6-,90,91,92,93,95,98,99,103,104,105,107,108,109,110)/p+1/t62-,63-,66+,67-,70+,71+,73+,76-,77-,78-,79+,80-,88+,97?/m0/s1. The molecule has 0 spiro atoms. The van der Waals surface area contributed by atoms with E-state index in [0.29, 0.717) is 208 Å². The number of aromatic nitrogens is 1. The molecule has 2 aliphatic heterocycles. The fourth-order valence-electron chi connectivity index (χ4n) is 14.0. The maximum Gasteiger partial charge on any atom is 0.335 e. The zero-order chi connectivity index (χ0) is 92.0. The van der Waals surface area contributed by atoms with Gasteiger partial charge >= 0.3 is 11.9 Å². The molecule has 6 amide bonds. The summed E-state index contributed by atoms with van der Waals surface area (Å²) in [6, 6.07) is 10.6. The molecule has 3 aromatic rings. The number of aliphatic hydroxyl groups excluding tert-OH is 3. The molecule has 2 saturated heterocycles. The molecule has 714 valence electrons. The molecular formula is C88H144N9O28S+. The number of carboxylic acids is 2. The minimum absolute atomic E-state index is 0.0196. The molecule has 0 bridgehead atoms. The first-order valence-corrected chi connectivity index (χ1v) is 44.8. The topological polar surface area (TPSA) is 478 Å². The van der Waals surface area contributed by atoms with Crippen LogP contribution in [0.3, 0.4) is 0 Å². The Labute approximate surface area is 745 Å². The number of likely N-dealkylation sites (tertiary alicyclic amines) is 1. The lowest BCUT2D eigenvalue weighted by Crippen LogP contribution is -2.63. The third kappa shape index (κ3) is 42.5. The molecule has 2 aromatic carbocycles. The Morgan fingerprint density at radius 1 is 0.667 bits per heavy atom. The molecule has 2 fully saturated rings. The van der Waals surface area contributed by atoms with E-state index in [4.69, 9.17) is 81.8 Å². The molecule has 0 saturated carbocycles. The molecule has 37 nitrogen and oxygen atoms in total. The molecule has 12 N–H and O–H groups in total. The largest absolute Gasteiger partial charge is 0.481 e. The highest BCUT2D eigenvalue weighted by Gasteiger charge is 2.49. The molecule has 126 heavy (non-hydrogen) atoms. The number of carboxylic acid groups (broad SMARTS) is 2. The number of anilines is 1. The number of methoxy groups -OCH3 is 1. The van der Waals surface area contributed by atoms with Gasteiger partial charge in [0.2, 0.25) is 29.9 Å². The lowest BCUT2D eigenvalue weighted by molar-refractivity contribution is -0.942. The van der Waals surface area contributed by atoms with Gasteiger partial charge < -0.3 is 138 Å². The third-order valence-electron chi connectivity index (χ3n) is 21.4. The second kappa shape index (κ2) is 62.8. The van der Waals surface area contributed by atoms with Crippen molar-refractivity contribution in [1.29, 1.82) is 0 Å². The van der Waals surface area contributed by atoms with E-state index in [1.54, 1.807) is 43.5 Å². The van der Waals surface area contributed by atoms with Gasteiger partial charge in [-0.05, 0) is 87.5 Å². The van der Waals surface area contributed by atoms with Gasteiger partial charge in [0, 0.05) is 76.0 Å². The van der Waals surface area contributed by atoms with E-state index >= 15 is 9.59 Å². The van der Waals surface area contributed by atoms with Crippen LogP contribution in [-0.2, 0) is 113 Å². The Kier molecular flexibility index (Phi) is 54.4. The van der Waals surface area contributed by atoms with Crippen LogP contribution in [0.2, 0.25) is 0 Å². The highest BCUT2D eigenvalue weighted by molar-refractivity contribution is 7.09. The second-order valence-corrected chi connectivity index (χ2v) is 33.0. The van der Waals surface area contributed by atoms with Crippen molar-refractivity contribution in [2.24, 2.45) is 23.5 Å². The van der Waals surface area contributed by atoms with Crippen molar-refractivity contribution < 1.29 is 139 Å². The zero-order valence-electron chi connectivity index (χ0n) is 75.2. The second-order valence-electron chi connectivity index (χ2n) is 32.1. The number of amides is 6. The van der Waals surface area contributed by atoms with Crippen molar-refractivity contribution in [3.63, 3.8) is 0 Å². The van der Waals surface area contributed by atoms with E-state index in [0.717, 1.165) is 17.6 Å². The predicted octanol–water partition coefficient (Wildman–Crippen LogP) is 4.38. The van der Waals surface area contributed by atoms with Gasteiger partial charge in [0.1, 0.15) is 53.5 Å². The zero-order valence-corrected chi connectivity index (χ0v) is 76.0. The van der Waals surface area contributed by atoms with E-state index in [2.05, 4.69) is 33.2 Å². The lowest BCUT2D eigenvalue weighted by Gasteiger charge is -2.44. The van der Waals surface area contributed by atoms with Crippen molar-refractivity contribution in [3.05, 3.63) is 87.9 Å². The highest BCUT2D eigenvalue weighted by atomic mass is 32.1. The fourth-order valence-corrected chi connectivity index (χ4v) is 14.8. The van der Waals surface area contributed by atoms with Crippen molar-refractivity contribution in [1.82, 2.24) is 31.2 Å². The van der Waals surface area contributed by atoms with Gasteiger partial charge in [-0.15, -0.1) is 11.3 Å². The third-order valence-corrected chi connectivity index (χ3v) is 22.3. The summed E-state index contributed by atoms with van der Waals surface area (Å²) in [6.45, 7) is 26.4. The summed E-state index contributed by atoms with van der Waals surface area (Å²) in [5.74, 6) is -6.40. The number of carbonyl (C=O) groups is 8. The Morgan fingerprint density at radius 3 is 1.75 bits per heavy atom. The molecule has 3 heterocycles. The number of benzene rings is 2. The van der Waals surface area contributed by atoms with Crippen LogP contribution in [0, 0.1) is 17.8 Å². The number of quaternary nitrogens is 1. The van der Waals surface area contributed by atoms with Crippen molar-refractivity contribution in [3.8, 4) is 5.75 Å². The number of aliphatic hydroxyl groups is 3. The molecule has 1 unspecified atom stereocenters. The maximum absolute atomic E-state index is 15.2.